The predicted octanol–water partition coefficient (Wildman–Crippen LogP) is 0.0851. The Hall–Kier alpha value is -1.64. The van der Waals surface area contributed by atoms with Crippen LogP contribution in [0.1, 0.15) is 23.2 Å². The highest BCUT2D eigenvalue weighted by molar-refractivity contribution is 7.89. The molecule has 1 aliphatic heterocycles. The van der Waals surface area contributed by atoms with E-state index in [2.05, 4.69) is 15.4 Å². The average molecular weight is 339 g/mol. The summed E-state index contributed by atoms with van der Waals surface area (Å²) >= 11 is 0. The third kappa shape index (κ3) is 3.82. The lowest BCUT2D eigenvalue weighted by Gasteiger charge is -2.27. The number of hydrogen-bond acceptors (Lipinski definition) is 5. The minimum absolute atomic E-state index is 0.00450. The summed E-state index contributed by atoms with van der Waals surface area (Å²) in [5, 5.41) is 5.97. The van der Waals surface area contributed by atoms with Crippen LogP contribution in [0.4, 0.5) is 0 Å². The first-order chi connectivity index (χ1) is 11.0. The van der Waals surface area contributed by atoms with Crippen molar-refractivity contribution in [2.24, 2.45) is 5.92 Å². The molecule has 1 aliphatic carbocycles. The third-order valence-corrected chi connectivity index (χ3v) is 5.57. The zero-order valence-corrected chi connectivity index (χ0v) is 13.8. The molecule has 2 fully saturated rings. The number of nitrogens with one attached hydrogen (secondary N) is 3. The summed E-state index contributed by atoms with van der Waals surface area (Å²) < 4.78 is 32.6. The summed E-state index contributed by atoms with van der Waals surface area (Å²) in [6, 6.07) is 4.45. The van der Waals surface area contributed by atoms with Crippen LogP contribution < -0.4 is 20.1 Å². The highest BCUT2D eigenvalue weighted by atomic mass is 32.2. The van der Waals surface area contributed by atoms with Crippen LogP contribution in [-0.2, 0) is 10.0 Å². The van der Waals surface area contributed by atoms with Crippen molar-refractivity contribution in [2.75, 3.05) is 26.7 Å². The lowest BCUT2D eigenvalue weighted by molar-refractivity contribution is 0.0942. The fraction of sp³-hybridized carbons (Fsp3) is 0.533. The Bertz CT molecular complexity index is 697. The zero-order chi connectivity index (χ0) is 16.4. The average Bonchev–Trinajstić information content (AvgIpc) is 3.28. The molecule has 0 unspecified atom stereocenters. The van der Waals surface area contributed by atoms with Gasteiger partial charge in [-0.25, -0.2) is 13.1 Å². The Kier molecular flexibility index (Phi) is 4.56. The van der Waals surface area contributed by atoms with Crippen LogP contribution in [0.5, 0.6) is 5.75 Å². The molecule has 3 rings (SSSR count). The summed E-state index contributed by atoms with van der Waals surface area (Å²) in [5.74, 6) is 0.400. The van der Waals surface area contributed by atoms with Gasteiger partial charge in [0.2, 0.25) is 10.0 Å². The molecule has 3 N–H and O–H groups in total. The molecule has 0 aromatic heterocycles. The predicted molar refractivity (Wildman–Crippen MR) is 85.0 cm³/mol. The SMILES string of the molecule is COc1ccc(C(=O)NCC2CNC2)cc1S(=O)(=O)NC1CC1. The minimum atomic E-state index is -3.69. The molecule has 1 aromatic carbocycles. The van der Waals surface area contributed by atoms with Crippen molar-refractivity contribution >= 4 is 15.9 Å². The number of amides is 1. The van der Waals surface area contributed by atoms with Crippen molar-refractivity contribution in [1.29, 1.82) is 0 Å². The number of hydrogen-bond donors (Lipinski definition) is 3. The van der Waals surface area contributed by atoms with Crippen molar-refractivity contribution in [3.05, 3.63) is 23.8 Å². The van der Waals surface area contributed by atoms with Gasteiger partial charge < -0.3 is 15.4 Å². The molecule has 1 amide bonds. The van der Waals surface area contributed by atoms with Crippen LogP contribution >= 0.6 is 0 Å². The Labute approximate surface area is 135 Å². The van der Waals surface area contributed by atoms with Crippen LogP contribution in [-0.4, -0.2) is 47.1 Å². The Morgan fingerprint density at radius 1 is 1.35 bits per heavy atom. The second-order valence-electron chi connectivity index (χ2n) is 6.00. The summed E-state index contributed by atoms with van der Waals surface area (Å²) in [6.45, 7) is 2.38. The molecule has 126 valence electrons. The zero-order valence-electron chi connectivity index (χ0n) is 13.0. The van der Waals surface area contributed by atoms with Gasteiger partial charge in [-0.1, -0.05) is 0 Å². The van der Waals surface area contributed by atoms with Crippen molar-refractivity contribution in [2.45, 2.75) is 23.8 Å². The van der Waals surface area contributed by atoms with Crippen LogP contribution in [0.15, 0.2) is 23.1 Å². The van der Waals surface area contributed by atoms with E-state index in [0.717, 1.165) is 25.9 Å². The number of carbonyl (C=O) groups is 1. The molecule has 2 aliphatic rings. The molecule has 0 spiro atoms. The van der Waals surface area contributed by atoms with Crippen molar-refractivity contribution in [3.63, 3.8) is 0 Å². The van der Waals surface area contributed by atoms with E-state index in [0.29, 0.717) is 18.0 Å². The van der Waals surface area contributed by atoms with Crippen molar-refractivity contribution in [1.82, 2.24) is 15.4 Å². The van der Waals surface area contributed by atoms with E-state index >= 15 is 0 Å². The normalized spacial score (nSPS) is 18.3. The number of carbonyl (C=O) groups excluding carboxylic acids is 1. The maximum atomic E-state index is 12.4. The maximum Gasteiger partial charge on any atom is 0.251 e. The Morgan fingerprint density at radius 2 is 2.09 bits per heavy atom. The van der Waals surface area contributed by atoms with E-state index in [1.54, 1.807) is 6.07 Å². The molecule has 1 saturated carbocycles. The molecule has 1 heterocycles. The molecule has 1 saturated heterocycles. The van der Waals surface area contributed by atoms with E-state index in [-0.39, 0.29) is 22.6 Å². The fourth-order valence-electron chi connectivity index (χ4n) is 2.34. The number of benzene rings is 1. The number of ether oxygens (including phenoxy) is 1. The number of sulfonamides is 1. The van der Waals surface area contributed by atoms with Crippen LogP contribution in [0, 0.1) is 5.92 Å². The largest absolute Gasteiger partial charge is 0.495 e. The first kappa shape index (κ1) is 16.2. The molecular weight excluding hydrogens is 318 g/mol. The van der Waals surface area contributed by atoms with Crippen molar-refractivity contribution < 1.29 is 17.9 Å². The Morgan fingerprint density at radius 3 is 2.65 bits per heavy atom. The van der Waals surface area contributed by atoms with Gasteiger partial charge in [-0.3, -0.25) is 4.79 Å². The quantitative estimate of drug-likeness (QED) is 0.654. The van der Waals surface area contributed by atoms with E-state index in [1.165, 1.54) is 19.2 Å². The van der Waals surface area contributed by atoms with Crippen LogP contribution in [0.25, 0.3) is 0 Å². The molecule has 7 nitrogen and oxygen atoms in total. The summed E-state index contributed by atoms with van der Waals surface area (Å²) in [7, 11) is -2.27. The van der Waals surface area contributed by atoms with Gasteiger partial charge in [0.15, 0.2) is 0 Å². The highest BCUT2D eigenvalue weighted by Crippen LogP contribution is 2.28. The van der Waals surface area contributed by atoms with Gasteiger partial charge in [-0.15, -0.1) is 0 Å². The molecular formula is C15H21N3O4S. The van der Waals surface area contributed by atoms with E-state index in [9.17, 15) is 13.2 Å². The van der Waals surface area contributed by atoms with Gasteiger partial charge in [0.25, 0.3) is 5.91 Å². The molecule has 1 aromatic rings. The highest BCUT2D eigenvalue weighted by Gasteiger charge is 2.30. The van der Waals surface area contributed by atoms with Crippen LogP contribution in [0.3, 0.4) is 0 Å². The first-order valence-corrected chi connectivity index (χ1v) is 9.17. The molecule has 0 radical (unpaired) electrons. The summed E-state index contributed by atoms with van der Waals surface area (Å²) in [4.78, 5) is 12.2. The van der Waals surface area contributed by atoms with E-state index in [1.807, 2.05) is 0 Å². The van der Waals surface area contributed by atoms with E-state index < -0.39 is 10.0 Å². The second kappa shape index (κ2) is 6.46. The lowest BCUT2D eigenvalue weighted by atomic mass is 10.0. The number of rotatable bonds is 7. The second-order valence-corrected chi connectivity index (χ2v) is 7.68. The van der Waals surface area contributed by atoms with E-state index in [4.69, 9.17) is 4.74 Å². The minimum Gasteiger partial charge on any atom is -0.495 e. The Balaban J connectivity index is 1.78. The summed E-state index contributed by atoms with van der Waals surface area (Å²) in [5.41, 5.74) is 0.314. The monoisotopic (exact) mass is 339 g/mol. The lowest BCUT2D eigenvalue weighted by Crippen LogP contribution is -2.48. The molecule has 0 bridgehead atoms. The van der Waals surface area contributed by atoms with Gasteiger partial charge in [0, 0.05) is 37.2 Å². The van der Waals surface area contributed by atoms with Gasteiger partial charge in [-0.2, -0.15) is 0 Å². The standard InChI is InChI=1S/C15H21N3O4S/c1-22-13-5-2-11(15(19)17-9-10-7-16-8-10)6-14(13)23(20,21)18-12-3-4-12/h2,5-6,10,12,16,18H,3-4,7-9H2,1H3,(H,17,19). The molecule has 23 heavy (non-hydrogen) atoms. The fourth-order valence-corrected chi connectivity index (χ4v) is 3.84. The first-order valence-electron chi connectivity index (χ1n) is 7.69. The summed E-state index contributed by atoms with van der Waals surface area (Å²) in [6.07, 6.45) is 1.69. The third-order valence-electron chi connectivity index (χ3n) is 4.03. The van der Waals surface area contributed by atoms with Crippen molar-refractivity contribution in [3.8, 4) is 5.75 Å². The topological polar surface area (TPSA) is 96.5 Å². The number of methoxy groups -OCH3 is 1. The van der Waals surface area contributed by atoms with Gasteiger partial charge >= 0.3 is 0 Å². The molecule has 0 atom stereocenters. The molecule has 8 heteroatoms. The smallest absolute Gasteiger partial charge is 0.251 e. The van der Waals surface area contributed by atoms with Gasteiger partial charge in [0.1, 0.15) is 10.6 Å². The van der Waals surface area contributed by atoms with Gasteiger partial charge in [0.05, 0.1) is 7.11 Å². The maximum absolute atomic E-state index is 12.4. The van der Waals surface area contributed by atoms with Crippen LogP contribution in [0.2, 0.25) is 0 Å². The van der Waals surface area contributed by atoms with Gasteiger partial charge in [-0.05, 0) is 31.0 Å².